The van der Waals surface area contributed by atoms with Crippen LogP contribution in [0.1, 0.15) is 26.3 Å². The molecule has 0 saturated carbocycles. The number of benzene rings is 1. The lowest BCUT2D eigenvalue weighted by molar-refractivity contribution is 0.130. The summed E-state index contributed by atoms with van der Waals surface area (Å²) in [5, 5.41) is 3.04. The van der Waals surface area contributed by atoms with Crippen molar-refractivity contribution in [3.05, 3.63) is 22.7 Å². The highest BCUT2D eigenvalue weighted by Crippen LogP contribution is 2.33. The molecule has 6 heteroatoms. The van der Waals surface area contributed by atoms with Crippen molar-refractivity contribution in [2.75, 3.05) is 19.0 Å². The molecular formula is C14H20ClNO4. The highest BCUT2D eigenvalue weighted by atomic mass is 35.5. The van der Waals surface area contributed by atoms with E-state index in [4.69, 9.17) is 25.8 Å². The molecule has 112 valence electrons. The lowest BCUT2D eigenvalue weighted by atomic mass is 10.2. The first-order chi connectivity index (χ1) is 9.47. The van der Waals surface area contributed by atoms with Crippen LogP contribution in [0.25, 0.3) is 0 Å². The van der Waals surface area contributed by atoms with Gasteiger partial charge >= 0.3 is 6.09 Å². The number of rotatable bonds is 6. The highest BCUT2D eigenvalue weighted by molar-refractivity contribution is 6.32. The minimum absolute atomic E-state index is 0.188. The zero-order chi connectivity index (χ0) is 15.1. The van der Waals surface area contributed by atoms with E-state index in [1.54, 1.807) is 33.1 Å². The molecule has 0 fully saturated rings. The van der Waals surface area contributed by atoms with Gasteiger partial charge in [0.2, 0.25) is 0 Å². The molecule has 0 saturated heterocycles. The van der Waals surface area contributed by atoms with Gasteiger partial charge < -0.3 is 14.2 Å². The standard InChI is InChI=1S/C14H20ClNO4/c1-5-19-13-10(8-18-4)6-11(7-12(13)15)16-14(17)20-9(2)3/h6-7,9H,5,8H2,1-4H3,(H,16,17). The summed E-state index contributed by atoms with van der Waals surface area (Å²) in [5.74, 6) is 0.568. The molecule has 1 N–H and O–H groups in total. The van der Waals surface area contributed by atoms with Crippen LogP contribution in [0.15, 0.2) is 12.1 Å². The van der Waals surface area contributed by atoms with Crippen LogP contribution in [0.5, 0.6) is 5.75 Å². The summed E-state index contributed by atoms with van der Waals surface area (Å²) in [6.45, 7) is 6.27. The number of halogens is 1. The number of anilines is 1. The Bertz CT molecular complexity index is 463. The first-order valence-corrected chi connectivity index (χ1v) is 6.77. The highest BCUT2D eigenvalue weighted by Gasteiger charge is 2.13. The molecule has 0 radical (unpaired) electrons. The van der Waals surface area contributed by atoms with Crippen molar-refractivity contribution in [2.45, 2.75) is 33.5 Å². The molecule has 0 atom stereocenters. The Kier molecular flexibility index (Phi) is 6.61. The van der Waals surface area contributed by atoms with Gasteiger partial charge in [0.1, 0.15) is 5.75 Å². The van der Waals surface area contributed by atoms with Gasteiger partial charge in [0, 0.05) is 18.4 Å². The van der Waals surface area contributed by atoms with Crippen molar-refractivity contribution < 1.29 is 19.0 Å². The van der Waals surface area contributed by atoms with E-state index in [0.717, 1.165) is 5.56 Å². The second-order valence-electron chi connectivity index (χ2n) is 4.39. The third-order valence-corrected chi connectivity index (χ3v) is 2.58. The van der Waals surface area contributed by atoms with Crippen LogP contribution < -0.4 is 10.1 Å². The molecule has 0 aromatic heterocycles. The van der Waals surface area contributed by atoms with E-state index < -0.39 is 6.09 Å². The molecule has 0 bridgehead atoms. The molecule has 0 heterocycles. The van der Waals surface area contributed by atoms with Gasteiger partial charge in [0.25, 0.3) is 0 Å². The fourth-order valence-corrected chi connectivity index (χ4v) is 1.95. The van der Waals surface area contributed by atoms with Gasteiger partial charge in [0.05, 0.1) is 24.3 Å². The maximum atomic E-state index is 11.6. The second-order valence-corrected chi connectivity index (χ2v) is 4.80. The molecule has 20 heavy (non-hydrogen) atoms. The summed E-state index contributed by atoms with van der Waals surface area (Å²) >= 11 is 6.17. The maximum Gasteiger partial charge on any atom is 0.411 e. The van der Waals surface area contributed by atoms with Crippen molar-refractivity contribution >= 4 is 23.4 Å². The predicted molar refractivity (Wildman–Crippen MR) is 78.6 cm³/mol. The Morgan fingerprint density at radius 1 is 1.40 bits per heavy atom. The summed E-state index contributed by atoms with van der Waals surface area (Å²) in [6.07, 6.45) is -0.713. The summed E-state index contributed by atoms with van der Waals surface area (Å²) in [7, 11) is 1.58. The second kappa shape index (κ2) is 7.97. The van der Waals surface area contributed by atoms with Crippen molar-refractivity contribution in [2.24, 2.45) is 0 Å². The van der Waals surface area contributed by atoms with Crippen molar-refractivity contribution in [3.63, 3.8) is 0 Å². The molecule has 0 aliphatic rings. The normalized spacial score (nSPS) is 10.5. The number of ether oxygens (including phenoxy) is 3. The molecule has 1 rings (SSSR count). The Hall–Kier alpha value is -1.46. The first kappa shape index (κ1) is 16.6. The third kappa shape index (κ3) is 4.90. The topological polar surface area (TPSA) is 56.8 Å². The molecule has 5 nitrogen and oxygen atoms in total. The zero-order valence-corrected chi connectivity index (χ0v) is 12.9. The van der Waals surface area contributed by atoms with E-state index >= 15 is 0 Å². The van der Waals surface area contributed by atoms with Crippen LogP contribution >= 0.6 is 11.6 Å². The van der Waals surface area contributed by atoms with Crippen LogP contribution in [0.2, 0.25) is 5.02 Å². The summed E-state index contributed by atoms with van der Waals surface area (Å²) in [5.41, 5.74) is 1.30. The summed E-state index contributed by atoms with van der Waals surface area (Å²) in [6, 6.07) is 3.37. The van der Waals surface area contributed by atoms with Crippen molar-refractivity contribution in [1.29, 1.82) is 0 Å². The minimum Gasteiger partial charge on any atom is -0.492 e. The minimum atomic E-state index is -0.524. The predicted octanol–water partition coefficient (Wildman–Crippen LogP) is 3.84. The summed E-state index contributed by atoms with van der Waals surface area (Å²) in [4.78, 5) is 11.6. The third-order valence-electron chi connectivity index (χ3n) is 2.30. The van der Waals surface area contributed by atoms with Crippen LogP contribution in [-0.4, -0.2) is 25.9 Å². The lowest BCUT2D eigenvalue weighted by Crippen LogP contribution is -2.18. The van der Waals surface area contributed by atoms with E-state index in [1.807, 2.05) is 6.92 Å². The van der Waals surface area contributed by atoms with Gasteiger partial charge in [-0.3, -0.25) is 5.32 Å². The van der Waals surface area contributed by atoms with Crippen molar-refractivity contribution in [3.8, 4) is 5.75 Å². The molecule has 0 spiro atoms. The maximum absolute atomic E-state index is 11.6. The molecular weight excluding hydrogens is 282 g/mol. The van der Waals surface area contributed by atoms with Gasteiger partial charge in [-0.05, 0) is 32.9 Å². The number of amides is 1. The molecule has 0 aliphatic carbocycles. The quantitative estimate of drug-likeness (QED) is 0.867. The van der Waals surface area contributed by atoms with Crippen LogP contribution in [-0.2, 0) is 16.1 Å². The van der Waals surface area contributed by atoms with Gasteiger partial charge in [0.15, 0.2) is 0 Å². The first-order valence-electron chi connectivity index (χ1n) is 6.39. The molecule has 1 aromatic carbocycles. The van der Waals surface area contributed by atoms with Gasteiger partial charge in [-0.25, -0.2) is 4.79 Å². The van der Waals surface area contributed by atoms with E-state index in [2.05, 4.69) is 5.32 Å². The smallest absolute Gasteiger partial charge is 0.411 e. The van der Waals surface area contributed by atoms with Gasteiger partial charge in [-0.15, -0.1) is 0 Å². The van der Waals surface area contributed by atoms with Crippen molar-refractivity contribution in [1.82, 2.24) is 0 Å². The van der Waals surface area contributed by atoms with E-state index in [0.29, 0.717) is 29.7 Å². The fourth-order valence-electron chi connectivity index (χ4n) is 1.65. The molecule has 1 amide bonds. The fraction of sp³-hybridized carbons (Fsp3) is 0.500. The Morgan fingerprint density at radius 2 is 2.10 bits per heavy atom. The average Bonchev–Trinajstić information content (AvgIpc) is 2.32. The molecule has 0 unspecified atom stereocenters. The van der Waals surface area contributed by atoms with E-state index in [1.165, 1.54) is 0 Å². The number of hydrogen-bond acceptors (Lipinski definition) is 4. The number of nitrogens with one attached hydrogen (secondary N) is 1. The Morgan fingerprint density at radius 3 is 2.65 bits per heavy atom. The Labute approximate surface area is 124 Å². The largest absolute Gasteiger partial charge is 0.492 e. The monoisotopic (exact) mass is 301 g/mol. The average molecular weight is 302 g/mol. The Balaban J connectivity index is 2.95. The summed E-state index contributed by atoms with van der Waals surface area (Å²) < 4.78 is 15.6. The number of carbonyl (C=O) groups excluding carboxylic acids is 1. The number of carbonyl (C=O) groups is 1. The van der Waals surface area contributed by atoms with E-state index in [9.17, 15) is 4.79 Å². The van der Waals surface area contributed by atoms with Gasteiger partial charge in [-0.1, -0.05) is 11.6 Å². The van der Waals surface area contributed by atoms with Crippen LogP contribution in [0, 0.1) is 0 Å². The molecule has 1 aromatic rings. The van der Waals surface area contributed by atoms with Crippen LogP contribution in [0.4, 0.5) is 10.5 Å². The lowest BCUT2D eigenvalue weighted by Gasteiger charge is -2.15. The van der Waals surface area contributed by atoms with E-state index in [-0.39, 0.29) is 6.10 Å². The van der Waals surface area contributed by atoms with Gasteiger partial charge in [-0.2, -0.15) is 0 Å². The van der Waals surface area contributed by atoms with Crippen LogP contribution in [0.3, 0.4) is 0 Å². The SMILES string of the molecule is CCOc1c(Cl)cc(NC(=O)OC(C)C)cc1COC. The number of hydrogen-bond donors (Lipinski definition) is 1. The zero-order valence-electron chi connectivity index (χ0n) is 12.2. The number of methoxy groups -OCH3 is 1. The molecule has 0 aliphatic heterocycles.